The van der Waals surface area contributed by atoms with Crippen molar-refractivity contribution in [2.75, 3.05) is 45.0 Å². The molecule has 1 aromatic rings. The highest BCUT2D eigenvalue weighted by Crippen LogP contribution is 2.53. The molecule has 0 bridgehead atoms. The summed E-state index contributed by atoms with van der Waals surface area (Å²) < 4.78 is 0. The van der Waals surface area contributed by atoms with E-state index in [1.807, 2.05) is 20.8 Å². The number of ketones is 3. The number of likely N-dealkylation sites (N-methyl/N-ethyl adjacent to an activating group) is 1. The number of aromatic hydroxyl groups is 1. The van der Waals surface area contributed by atoms with Crippen LogP contribution in [-0.4, -0.2) is 101 Å². The maximum Gasteiger partial charge on any atom is 0.238 e. The van der Waals surface area contributed by atoms with Crippen LogP contribution in [-0.2, 0) is 30.4 Å². The monoisotopic (exact) mass is 585 g/mol. The number of aliphatic hydroxyl groups is 2. The summed E-state index contributed by atoms with van der Waals surface area (Å²) in [5.74, 6) is -10.1. The molecule has 2 saturated carbocycles. The number of rotatable bonds is 6. The van der Waals surface area contributed by atoms with E-state index in [0.717, 1.165) is 0 Å². The number of phenolic OH excluding ortho intramolecular Hbond substituents is 1. The van der Waals surface area contributed by atoms with E-state index < -0.39 is 70.1 Å². The van der Waals surface area contributed by atoms with E-state index in [9.17, 15) is 39.3 Å². The van der Waals surface area contributed by atoms with Crippen molar-refractivity contribution in [3.8, 4) is 5.75 Å². The van der Waals surface area contributed by atoms with Gasteiger partial charge < -0.3 is 36.6 Å². The number of hydrogen-bond donors (Lipinski definition) is 6. The largest absolute Gasteiger partial charge is 0.507 e. The summed E-state index contributed by atoms with van der Waals surface area (Å²) in [6.45, 7) is 5.61. The van der Waals surface area contributed by atoms with Crippen LogP contribution in [0.4, 0.5) is 11.4 Å². The molecule has 0 spiro atoms. The second-order valence-electron chi connectivity index (χ2n) is 12.8. The van der Waals surface area contributed by atoms with E-state index in [1.165, 1.54) is 19.0 Å². The van der Waals surface area contributed by atoms with Crippen molar-refractivity contribution in [1.82, 2.24) is 10.2 Å². The summed E-state index contributed by atoms with van der Waals surface area (Å²) >= 11 is 0. The molecule has 2 amide bonds. The lowest BCUT2D eigenvalue weighted by Gasteiger charge is -2.51. The molecule has 0 radical (unpaired) electrons. The van der Waals surface area contributed by atoms with Gasteiger partial charge in [-0.05, 0) is 65.3 Å². The van der Waals surface area contributed by atoms with Crippen molar-refractivity contribution < 1.29 is 39.3 Å². The number of benzene rings is 1. The summed E-state index contributed by atoms with van der Waals surface area (Å²) in [5.41, 5.74) is 2.84. The predicted octanol–water partition coefficient (Wildman–Crippen LogP) is -0.270. The highest BCUT2D eigenvalue weighted by molar-refractivity contribution is 6.32. The van der Waals surface area contributed by atoms with Crippen LogP contribution in [0.5, 0.6) is 5.75 Å². The van der Waals surface area contributed by atoms with Crippen molar-refractivity contribution in [3.63, 3.8) is 0 Å². The van der Waals surface area contributed by atoms with Gasteiger partial charge in [0.05, 0.1) is 23.8 Å². The van der Waals surface area contributed by atoms with Gasteiger partial charge in [-0.15, -0.1) is 0 Å². The molecule has 5 unspecified atom stereocenters. The summed E-state index contributed by atoms with van der Waals surface area (Å²) in [6.07, 6.45) is 0.0766. The van der Waals surface area contributed by atoms with Crippen molar-refractivity contribution in [1.29, 1.82) is 0 Å². The number of nitrogens with zero attached hydrogens (tertiary/aromatic N) is 2. The van der Waals surface area contributed by atoms with Gasteiger partial charge in [0.15, 0.2) is 23.1 Å². The first kappa shape index (κ1) is 31.1. The molecule has 228 valence electrons. The summed E-state index contributed by atoms with van der Waals surface area (Å²) in [6, 6.07) is 0.399. The SMILES string of the molecule is CN(C)c1cc(NC(=O)CNC(C)(C)C)c(O)c2c1CC1CC3C(N(C)C)C(=O)C(C(N)=O)C(=O)C3(O)C(=O)C1=C2O. The number of nitrogens with one attached hydrogen (secondary N) is 2. The van der Waals surface area contributed by atoms with Gasteiger partial charge in [-0.1, -0.05) is 0 Å². The summed E-state index contributed by atoms with van der Waals surface area (Å²) in [7, 11) is 6.56. The fraction of sp³-hybridized carbons (Fsp3) is 0.552. The van der Waals surface area contributed by atoms with Crippen LogP contribution in [0.3, 0.4) is 0 Å². The molecule has 3 aliphatic rings. The Hall–Kier alpha value is -3.81. The molecule has 4 rings (SSSR count). The van der Waals surface area contributed by atoms with Gasteiger partial charge in [-0.25, -0.2) is 0 Å². The minimum Gasteiger partial charge on any atom is -0.507 e. The van der Waals surface area contributed by atoms with Crippen LogP contribution in [0.15, 0.2) is 11.6 Å². The van der Waals surface area contributed by atoms with E-state index in [1.54, 1.807) is 25.1 Å². The first-order chi connectivity index (χ1) is 19.3. The average Bonchev–Trinajstić information content (AvgIpc) is 2.85. The molecular formula is C29H39N5O8. The summed E-state index contributed by atoms with van der Waals surface area (Å²) in [5, 5.41) is 40.2. The molecule has 0 saturated heterocycles. The molecule has 0 aromatic heterocycles. The average molecular weight is 586 g/mol. The Balaban J connectivity index is 1.86. The number of hydrogen-bond acceptors (Lipinski definition) is 11. The Morgan fingerprint density at radius 2 is 1.74 bits per heavy atom. The van der Waals surface area contributed by atoms with Crippen LogP contribution >= 0.6 is 0 Å². The van der Waals surface area contributed by atoms with Gasteiger partial charge in [0.1, 0.15) is 11.5 Å². The zero-order chi connectivity index (χ0) is 31.6. The second kappa shape index (κ2) is 10.5. The normalized spacial score (nSPS) is 27.4. The molecule has 2 fully saturated rings. The lowest BCUT2D eigenvalue weighted by atomic mass is 9.55. The number of carbonyl (C=O) groups is 5. The zero-order valence-corrected chi connectivity index (χ0v) is 24.9. The highest BCUT2D eigenvalue weighted by Gasteiger charge is 2.67. The van der Waals surface area contributed by atoms with Gasteiger partial charge in [-0.3, -0.25) is 28.9 Å². The first-order valence-corrected chi connectivity index (χ1v) is 13.7. The smallest absolute Gasteiger partial charge is 0.238 e. The topological polar surface area (TPSA) is 203 Å². The zero-order valence-electron chi connectivity index (χ0n) is 24.9. The molecule has 1 aromatic carbocycles. The second-order valence-corrected chi connectivity index (χ2v) is 12.8. The predicted molar refractivity (Wildman–Crippen MR) is 154 cm³/mol. The van der Waals surface area contributed by atoms with Gasteiger partial charge in [-0.2, -0.15) is 0 Å². The van der Waals surface area contributed by atoms with Crippen molar-refractivity contribution >= 4 is 46.3 Å². The van der Waals surface area contributed by atoms with Gasteiger partial charge in [0.25, 0.3) is 0 Å². The maximum atomic E-state index is 14.0. The summed E-state index contributed by atoms with van der Waals surface area (Å²) in [4.78, 5) is 68.7. The highest BCUT2D eigenvalue weighted by atomic mass is 16.3. The minimum absolute atomic E-state index is 0.00981. The number of Topliss-reactive ketones (excluding diaryl/α,β-unsaturated/α-hetero) is 3. The maximum absolute atomic E-state index is 14.0. The fourth-order valence-electron chi connectivity index (χ4n) is 6.47. The molecule has 5 atom stereocenters. The number of nitrogens with two attached hydrogens (primary N) is 1. The number of fused-ring (bicyclic) bond motifs is 3. The third kappa shape index (κ3) is 4.84. The first-order valence-electron chi connectivity index (χ1n) is 13.7. The molecule has 0 heterocycles. The molecule has 0 aliphatic heterocycles. The lowest BCUT2D eigenvalue weighted by molar-refractivity contribution is -0.175. The fourth-order valence-corrected chi connectivity index (χ4v) is 6.47. The van der Waals surface area contributed by atoms with Crippen molar-refractivity contribution in [3.05, 3.63) is 22.8 Å². The Labute approximate surface area is 243 Å². The van der Waals surface area contributed by atoms with Crippen LogP contribution in [0.25, 0.3) is 5.76 Å². The quantitative estimate of drug-likeness (QED) is 0.189. The molecule has 13 heteroatoms. The molecule has 13 nitrogen and oxygen atoms in total. The molecule has 7 N–H and O–H groups in total. The number of primary amides is 1. The lowest BCUT2D eigenvalue weighted by Crippen LogP contribution is -2.72. The van der Waals surface area contributed by atoms with E-state index in [0.29, 0.717) is 11.3 Å². The Morgan fingerprint density at radius 1 is 1.12 bits per heavy atom. The molecule has 3 aliphatic carbocycles. The van der Waals surface area contributed by atoms with E-state index in [-0.39, 0.29) is 41.7 Å². The van der Waals surface area contributed by atoms with Crippen molar-refractivity contribution in [2.45, 2.75) is 50.8 Å². The van der Waals surface area contributed by atoms with Crippen LogP contribution in [0.1, 0.15) is 38.3 Å². The Morgan fingerprint density at radius 3 is 2.26 bits per heavy atom. The number of anilines is 2. The number of aliphatic hydroxyl groups excluding tert-OH is 1. The number of carbonyl (C=O) groups excluding carboxylic acids is 5. The molecule has 42 heavy (non-hydrogen) atoms. The van der Waals surface area contributed by atoms with Crippen LogP contribution < -0.4 is 21.3 Å². The van der Waals surface area contributed by atoms with Gasteiger partial charge >= 0.3 is 0 Å². The third-order valence-corrected chi connectivity index (χ3v) is 8.37. The van der Waals surface area contributed by atoms with E-state index in [2.05, 4.69) is 10.6 Å². The Kier molecular flexibility index (Phi) is 7.76. The van der Waals surface area contributed by atoms with Crippen LogP contribution in [0.2, 0.25) is 0 Å². The van der Waals surface area contributed by atoms with Gasteiger partial charge in [0.2, 0.25) is 17.6 Å². The number of amides is 2. The molecular weight excluding hydrogens is 546 g/mol. The minimum atomic E-state index is -2.80. The standard InChI is InChI=1S/C29H39N5O8/c1-28(2,3)31-11-17(35)32-15-10-16(33(4)5)13-8-12-9-14-21(34(6)7)24(38)20(27(30)41)26(40)29(14,42)25(39)18(12)23(37)19(13)22(15)36/h10,12,14,20-21,31,36-37,42H,8-9,11H2,1-7H3,(H2,30,41)(H,32,35). The van der Waals surface area contributed by atoms with Gasteiger partial charge in [0, 0.05) is 36.8 Å². The number of phenols is 1. The van der Waals surface area contributed by atoms with E-state index >= 15 is 0 Å². The van der Waals surface area contributed by atoms with E-state index in [4.69, 9.17) is 5.73 Å². The van der Waals surface area contributed by atoms with Crippen molar-refractivity contribution in [2.24, 2.45) is 23.5 Å². The Bertz CT molecular complexity index is 1430. The van der Waals surface area contributed by atoms with Crippen LogP contribution in [0, 0.1) is 17.8 Å². The third-order valence-electron chi connectivity index (χ3n) is 8.37.